The molecule has 0 aromatic heterocycles. The molecule has 1 heterocycles. The van der Waals surface area contributed by atoms with Crippen LogP contribution in [0.15, 0.2) is 71.8 Å². The molecule has 0 unspecified atom stereocenters. The van der Waals surface area contributed by atoms with Gasteiger partial charge in [-0.1, -0.05) is 45.0 Å². The molecule has 1 aliphatic heterocycles. The van der Waals surface area contributed by atoms with Crippen molar-refractivity contribution in [1.29, 1.82) is 0 Å². The predicted octanol–water partition coefficient (Wildman–Crippen LogP) is 4.46. The maximum Gasteiger partial charge on any atom is 0.343 e. The first-order chi connectivity index (χ1) is 16.8. The number of esters is 1. The second-order valence-electron chi connectivity index (χ2n) is 8.89. The Labute approximate surface area is 203 Å². The van der Waals surface area contributed by atoms with Gasteiger partial charge in [0.2, 0.25) is 6.79 Å². The number of amides is 1. The quantitative estimate of drug-likeness (QED) is 0.235. The highest BCUT2D eigenvalue weighted by Gasteiger charge is 2.17. The van der Waals surface area contributed by atoms with Crippen molar-refractivity contribution in [2.45, 2.75) is 26.2 Å². The topological polar surface area (TPSA) is 95.5 Å². The number of nitrogens with one attached hydrogen (secondary N) is 1. The van der Waals surface area contributed by atoms with Gasteiger partial charge in [-0.25, -0.2) is 10.2 Å². The Morgan fingerprint density at radius 1 is 0.971 bits per heavy atom. The summed E-state index contributed by atoms with van der Waals surface area (Å²) in [7, 11) is 0. The molecule has 0 aliphatic carbocycles. The maximum atomic E-state index is 12.5. The lowest BCUT2D eigenvalue weighted by Crippen LogP contribution is -2.24. The number of hydrogen-bond acceptors (Lipinski definition) is 7. The minimum absolute atomic E-state index is 0.0478. The van der Waals surface area contributed by atoms with E-state index in [1.54, 1.807) is 42.5 Å². The molecule has 8 heteroatoms. The normalized spacial score (nSPS) is 12.4. The molecule has 1 amide bonds. The van der Waals surface area contributed by atoms with E-state index in [2.05, 4.69) is 31.3 Å². The third kappa shape index (κ3) is 6.38. The van der Waals surface area contributed by atoms with E-state index in [0.717, 1.165) is 0 Å². The van der Waals surface area contributed by atoms with Gasteiger partial charge in [0.15, 0.2) is 18.1 Å². The highest BCUT2D eigenvalue weighted by Crippen LogP contribution is 2.32. The van der Waals surface area contributed by atoms with Crippen LogP contribution in [-0.4, -0.2) is 31.5 Å². The fraction of sp³-hybridized carbons (Fsp3) is 0.222. The van der Waals surface area contributed by atoms with Crippen LogP contribution in [0, 0.1) is 0 Å². The second-order valence-corrected chi connectivity index (χ2v) is 8.89. The molecule has 180 valence electrons. The number of carbonyl (C=O) groups is 2. The largest absolute Gasteiger partial charge is 0.484 e. The molecule has 0 radical (unpaired) electrons. The molecular weight excluding hydrogens is 448 g/mol. The van der Waals surface area contributed by atoms with E-state index in [9.17, 15) is 9.59 Å². The SMILES string of the molecule is CC(C)(C)c1ccc(OCC(=O)NN=Cc2cccc(OC(=O)c3ccc4c(c3)OCO4)c2)cc1. The van der Waals surface area contributed by atoms with Crippen molar-refractivity contribution in [3.63, 3.8) is 0 Å². The molecule has 0 saturated carbocycles. The molecule has 0 fully saturated rings. The highest BCUT2D eigenvalue weighted by molar-refractivity contribution is 5.92. The van der Waals surface area contributed by atoms with Crippen LogP contribution in [0.4, 0.5) is 0 Å². The van der Waals surface area contributed by atoms with Gasteiger partial charge in [0.1, 0.15) is 11.5 Å². The fourth-order valence-corrected chi connectivity index (χ4v) is 3.26. The number of ether oxygens (including phenoxy) is 4. The molecule has 3 aromatic rings. The van der Waals surface area contributed by atoms with Crippen LogP contribution in [0.2, 0.25) is 0 Å². The third-order valence-corrected chi connectivity index (χ3v) is 5.17. The lowest BCUT2D eigenvalue weighted by molar-refractivity contribution is -0.123. The van der Waals surface area contributed by atoms with Crippen LogP contribution >= 0.6 is 0 Å². The lowest BCUT2D eigenvalue weighted by Gasteiger charge is -2.19. The van der Waals surface area contributed by atoms with Crippen molar-refractivity contribution >= 4 is 18.1 Å². The molecular formula is C27H26N2O6. The summed E-state index contributed by atoms with van der Waals surface area (Å²) in [5, 5.41) is 3.94. The second kappa shape index (κ2) is 10.3. The molecule has 0 spiro atoms. The average molecular weight is 475 g/mol. The smallest absolute Gasteiger partial charge is 0.343 e. The summed E-state index contributed by atoms with van der Waals surface area (Å²) < 4.78 is 21.5. The zero-order valence-electron chi connectivity index (χ0n) is 19.7. The molecule has 0 atom stereocenters. The first-order valence-corrected chi connectivity index (χ1v) is 11.0. The van der Waals surface area contributed by atoms with Gasteiger partial charge in [0.25, 0.3) is 5.91 Å². The van der Waals surface area contributed by atoms with Crippen LogP contribution < -0.4 is 24.4 Å². The van der Waals surface area contributed by atoms with E-state index < -0.39 is 11.9 Å². The van der Waals surface area contributed by atoms with Crippen molar-refractivity contribution < 1.29 is 28.5 Å². The number of nitrogens with zero attached hydrogens (tertiary/aromatic N) is 1. The van der Waals surface area contributed by atoms with Gasteiger partial charge in [-0.2, -0.15) is 5.10 Å². The van der Waals surface area contributed by atoms with E-state index in [0.29, 0.717) is 34.1 Å². The Morgan fingerprint density at radius 3 is 2.51 bits per heavy atom. The van der Waals surface area contributed by atoms with E-state index in [1.165, 1.54) is 11.8 Å². The van der Waals surface area contributed by atoms with Gasteiger partial charge in [0.05, 0.1) is 11.8 Å². The van der Waals surface area contributed by atoms with Crippen LogP contribution in [0.1, 0.15) is 42.3 Å². The van der Waals surface area contributed by atoms with Gasteiger partial charge >= 0.3 is 5.97 Å². The first-order valence-electron chi connectivity index (χ1n) is 11.0. The summed E-state index contributed by atoms with van der Waals surface area (Å²) >= 11 is 0. The molecule has 8 nitrogen and oxygen atoms in total. The van der Waals surface area contributed by atoms with Gasteiger partial charge < -0.3 is 18.9 Å². The Morgan fingerprint density at radius 2 is 1.74 bits per heavy atom. The Hall–Kier alpha value is -4.33. The zero-order chi connectivity index (χ0) is 24.8. The van der Waals surface area contributed by atoms with Gasteiger partial charge in [-0.05, 0) is 59.0 Å². The predicted molar refractivity (Wildman–Crippen MR) is 130 cm³/mol. The summed E-state index contributed by atoms with van der Waals surface area (Å²) in [6, 6.07) is 19.3. The van der Waals surface area contributed by atoms with Crippen LogP contribution in [0.3, 0.4) is 0 Å². The van der Waals surface area contributed by atoms with Crippen molar-refractivity contribution in [2.75, 3.05) is 13.4 Å². The Kier molecular flexibility index (Phi) is 7.01. The summed E-state index contributed by atoms with van der Waals surface area (Å²) in [6.45, 7) is 6.36. The molecule has 1 N–H and O–H groups in total. The van der Waals surface area contributed by atoms with Gasteiger partial charge in [-0.3, -0.25) is 4.79 Å². The minimum atomic E-state index is -0.529. The number of hydrogen-bond donors (Lipinski definition) is 1. The Balaban J connectivity index is 1.27. The summed E-state index contributed by atoms with van der Waals surface area (Å²) in [4.78, 5) is 24.5. The fourth-order valence-electron chi connectivity index (χ4n) is 3.26. The van der Waals surface area contributed by atoms with E-state index in [1.807, 2.05) is 24.3 Å². The average Bonchev–Trinajstić information content (AvgIpc) is 3.31. The van der Waals surface area contributed by atoms with E-state index >= 15 is 0 Å². The van der Waals surface area contributed by atoms with Crippen molar-refractivity contribution in [1.82, 2.24) is 5.43 Å². The van der Waals surface area contributed by atoms with Crippen molar-refractivity contribution in [3.05, 3.63) is 83.4 Å². The highest BCUT2D eigenvalue weighted by atomic mass is 16.7. The summed E-state index contributed by atoms with van der Waals surface area (Å²) in [5.41, 5.74) is 4.63. The number of rotatable bonds is 7. The molecule has 0 bridgehead atoms. The van der Waals surface area contributed by atoms with E-state index in [-0.39, 0.29) is 18.8 Å². The molecule has 35 heavy (non-hydrogen) atoms. The zero-order valence-corrected chi connectivity index (χ0v) is 19.7. The first kappa shape index (κ1) is 23.8. The number of benzene rings is 3. The number of hydrazone groups is 1. The van der Waals surface area contributed by atoms with Gasteiger partial charge in [0, 0.05) is 0 Å². The third-order valence-electron chi connectivity index (χ3n) is 5.17. The summed E-state index contributed by atoms with van der Waals surface area (Å²) in [5.74, 6) is 1.11. The molecule has 3 aromatic carbocycles. The van der Waals surface area contributed by atoms with Crippen molar-refractivity contribution in [2.24, 2.45) is 5.10 Å². The number of carbonyl (C=O) groups excluding carboxylic acids is 2. The monoisotopic (exact) mass is 474 g/mol. The van der Waals surface area contributed by atoms with Crippen LogP contribution in [-0.2, 0) is 10.2 Å². The van der Waals surface area contributed by atoms with Gasteiger partial charge in [-0.15, -0.1) is 0 Å². The molecule has 1 aliphatic rings. The molecule has 4 rings (SSSR count). The van der Waals surface area contributed by atoms with Crippen LogP contribution in [0.5, 0.6) is 23.0 Å². The Bertz CT molecular complexity index is 1250. The number of fused-ring (bicyclic) bond motifs is 1. The molecule has 0 saturated heterocycles. The standard InChI is InChI=1S/C27H26N2O6/c1-27(2,3)20-8-10-21(11-9-20)32-16-25(30)29-28-15-18-5-4-6-22(13-18)35-26(31)19-7-12-23-24(14-19)34-17-33-23/h4-15H,16-17H2,1-3H3,(H,29,30). The van der Waals surface area contributed by atoms with E-state index in [4.69, 9.17) is 18.9 Å². The lowest BCUT2D eigenvalue weighted by atomic mass is 9.87. The van der Waals surface area contributed by atoms with Crippen LogP contribution in [0.25, 0.3) is 0 Å². The minimum Gasteiger partial charge on any atom is -0.484 e. The summed E-state index contributed by atoms with van der Waals surface area (Å²) in [6.07, 6.45) is 1.45. The van der Waals surface area contributed by atoms with Crippen molar-refractivity contribution in [3.8, 4) is 23.0 Å². The maximum absolute atomic E-state index is 12.5.